The zero-order valence-corrected chi connectivity index (χ0v) is 12.2. The summed E-state index contributed by atoms with van der Waals surface area (Å²) in [6.07, 6.45) is 1.89. The molecular formula is C15H24N2O3. The molecule has 3 N–H and O–H groups in total. The van der Waals surface area contributed by atoms with Gasteiger partial charge in [0.15, 0.2) is 0 Å². The molecule has 112 valence electrons. The maximum absolute atomic E-state index is 11.9. The smallest absolute Gasteiger partial charge is 0.220 e. The summed E-state index contributed by atoms with van der Waals surface area (Å²) in [5, 5.41) is 2.94. The number of hydrogen-bond acceptors (Lipinski definition) is 4. The number of ether oxygens (including phenoxy) is 2. The van der Waals surface area contributed by atoms with Gasteiger partial charge in [-0.1, -0.05) is 12.1 Å². The van der Waals surface area contributed by atoms with Gasteiger partial charge in [0, 0.05) is 13.5 Å². The largest absolute Gasteiger partial charge is 0.497 e. The first-order valence-corrected chi connectivity index (χ1v) is 6.81. The van der Waals surface area contributed by atoms with E-state index in [-0.39, 0.29) is 11.9 Å². The van der Waals surface area contributed by atoms with Crippen molar-refractivity contribution in [3.63, 3.8) is 0 Å². The maximum atomic E-state index is 11.9. The van der Waals surface area contributed by atoms with Crippen LogP contribution >= 0.6 is 0 Å². The number of nitrogens with one attached hydrogen (secondary N) is 1. The molecule has 0 bridgehead atoms. The standard InChI is InChI=1S/C15H24N2O3/c1-19-11-13(9-10-16)17-15(18)8-5-12-3-6-14(20-2)7-4-12/h3-4,6-7,13H,5,8-11,16H2,1-2H3,(H,17,18). The first-order chi connectivity index (χ1) is 9.69. The lowest BCUT2D eigenvalue weighted by atomic mass is 10.1. The molecule has 1 amide bonds. The van der Waals surface area contributed by atoms with Crippen LogP contribution in [0.2, 0.25) is 0 Å². The third kappa shape index (κ3) is 6.04. The van der Waals surface area contributed by atoms with Crippen LogP contribution in [0.1, 0.15) is 18.4 Å². The number of hydrogen-bond donors (Lipinski definition) is 2. The number of aryl methyl sites for hydroxylation is 1. The van der Waals surface area contributed by atoms with E-state index in [1.807, 2.05) is 24.3 Å². The molecule has 0 aliphatic heterocycles. The van der Waals surface area contributed by atoms with Gasteiger partial charge >= 0.3 is 0 Å². The molecule has 1 aromatic rings. The van der Waals surface area contributed by atoms with Crippen LogP contribution in [0.15, 0.2) is 24.3 Å². The number of methoxy groups -OCH3 is 2. The van der Waals surface area contributed by atoms with Gasteiger partial charge in [-0.05, 0) is 37.1 Å². The Morgan fingerprint density at radius 1 is 1.30 bits per heavy atom. The average molecular weight is 280 g/mol. The Kier molecular flexibility index (Phi) is 7.69. The van der Waals surface area contributed by atoms with E-state index < -0.39 is 0 Å². The zero-order valence-electron chi connectivity index (χ0n) is 12.2. The SMILES string of the molecule is COCC(CCN)NC(=O)CCc1ccc(OC)cc1. The molecule has 0 fully saturated rings. The molecule has 0 aliphatic carbocycles. The van der Waals surface area contributed by atoms with E-state index in [1.54, 1.807) is 14.2 Å². The molecule has 1 aromatic carbocycles. The molecular weight excluding hydrogens is 256 g/mol. The van der Waals surface area contributed by atoms with Crippen molar-refractivity contribution in [1.82, 2.24) is 5.32 Å². The summed E-state index contributed by atoms with van der Waals surface area (Å²) in [4.78, 5) is 11.9. The molecule has 0 heterocycles. The second kappa shape index (κ2) is 9.34. The Bertz CT molecular complexity index is 387. The molecule has 0 saturated carbocycles. The van der Waals surface area contributed by atoms with Gasteiger partial charge in [0.1, 0.15) is 5.75 Å². The first-order valence-electron chi connectivity index (χ1n) is 6.81. The first kappa shape index (κ1) is 16.5. The normalized spacial score (nSPS) is 11.9. The van der Waals surface area contributed by atoms with Crippen molar-refractivity contribution >= 4 is 5.91 Å². The second-order valence-corrected chi connectivity index (χ2v) is 4.65. The number of carbonyl (C=O) groups excluding carboxylic acids is 1. The molecule has 0 saturated heterocycles. The van der Waals surface area contributed by atoms with Gasteiger partial charge in [0.2, 0.25) is 5.91 Å². The highest BCUT2D eigenvalue weighted by atomic mass is 16.5. The number of carbonyl (C=O) groups is 1. The van der Waals surface area contributed by atoms with Crippen molar-refractivity contribution in [1.29, 1.82) is 0 Å². The summed E-state index contributed by atoms with van der Waals surface area (Å²) >= 11 is 0. The van der Waals surface area contributed by atoms with E-state index in [2.05, 4.69) is 5.32 Å². The van der Waals surface area contributed by atoms with Gasteiger partial charge in [0.25, 0.3) is 0 Å². The van der Waals surface area contributed by atoms with Gasteiger partial charge in [0.05, 0.1) is 19.8 Å². The molecule has 5 nitrogen and oxygen atoms in total. The van der Waals surface area contributed by atoms with E-state index in [1.165, 1.54) is 0 Å². The Balaban J connectivity index is 2.37. The van der Waals surface area contributed by atoms with Gasteiger partial charge < -0.3 is 20.5 Å². The van der Waals surface area contributed by atoms with Gasteiger partial charge in [-0.3, -0.25) is 4.79 Å². The minimum atomic E-state index is -0.00614. The Morgan fingerprint density at radius 3 is 2.55 bits per heavy atom. The Labute approximate surface area is 120 Å². The third-order valence-electron chi connectivity index (χ3n) is 3.05. The molecule has 1 rings (SSSR count). The van der Waals surface area contributed by atoms with E-state index >= 15 is 0 Å². The predicted octanol–water partition coefficient (Wildman–Crippen LogP) is 1.11. The van der Waals surface area contributed by atoms with Crippen molar-refractivity contribution in [2.45, 2.75) is 25.3 Å². The van der Waals surface area contributed by atoms with Crippen molar-refractivity contribution < 1.29 is 14.3 Å². The van der Waals surface area contributed by atoms with Crippen molar-refractivity contribution in [2.75, 3.05) is 27.4 Å². The third-order valence-corrected chi connectivity index (χ3v) is 3.05. The zero-order chi connectivity index (χ0) is 14.8. The molecule has 20 heavy (non-hydrogen) atoms. The summed E-state index contributed by atoms with van der Waals surface area (Å²) in [5.74, 6) is 0.845. The molecule has 1 unspecified atom stereocenters. The molecule has 0 aliphatic rings. The van der Waals surface area contributed by atoms with Gasteiger partial charge in [-0.15, -0.1) is 0 Å². The Hall–Kier alpha value is -1.59. The highest BCUT2D eigenvalue weighted by molar-refractivity contribution is 5.76. The monoisotopic (exact) mass is 280 g/mol. The van der Waals surface area contributed by atoms with Crippen LogP contribution in [-0.4, -0.2) is 39.3 Å². The summed E-state index contributed by atoms with van der Waals surface area (Å²) in [7, 11) is 3.25. The van der Waals surface area contributed by atoms with Crippen LogP contribution in [0, 0.1) is 0 Å². The van der Waals surface area contributed by atoms with Crippen molar-refractivity contribution in [2.24, 2.45) is 5.73 Å². The predicted molar refractivity (Wildman–Crippen MR) is 78.8 cm³/mol. The van der Waals surface area contributed by atoms with Gasteiger partial charge in [-0.25, -0.2) is 0 Å². The minimum Gasteiger partial charge on any atom is -0.497 e. The van der Waals surface area contributed by atoms with Crippen LogP contribution in [-0.2, 0) is 16.0 Å². The highest BCUT2D eigenvalue weighted by Crippen LogP contribution is 2.12. The van der Waals surface area contributed by atoms with Crippen LogP contribution in [0.4, 0.5) is 0 Å². The number of nitrogens with two attached hydrogens (primary N) is 1. The van der Waals surface area contributed by atoms with Crippen LogP contribution in [0.3, 0.4) is 0 Å². The fourth-order valence-electron chi connectivity index (χ4n) is 1.95. The fourth-order valence-corrected chi connectivity index (χ4v) is 1.95. The average Bonchev–Trinajstić information content (AvgIpc) is 2.46. The minimum absolute atomic E-state index is 0.00614. The molecule has 0 spiro atoms. The number of rotatable bonds is 9. The summed E-state index contributed by atoms with van der Waals surface area (Å²) < 4.78 is 10.2. The van der Waals surface area contributed by atoms with E-state index in [9.17, 15) is 4.79 Å². The molecule has 0 radical (unpaired) electrons. The van der Waals surface area contributed by atoms with Crippen molar-refractivity contribution in [3.8, 4) is 5.75 Å². The fraction of sp³-hybridized carbons (Fsp3) is 0.533. The molecule has 5 heteroatoms. The van der Waals surface area contributed by atoms with E-state index in [0.717, 1.165) is 17.7 Å². The van der Waals surface area contributed by atoms with E-state index in [0.29, 0.717) is 26.0 Å². The van der Waals surface area contributed by atoms with Crippen LogP contribution in [0.5, 0.6) is 5.75 Å². The van der Waals surface area contributed by atoms with Gasteiger partial charge in [-0.2, -0.15) is 0 Å². The summed E-state index contributed by atoms with van der Waals surface area (Å²) in [6.45, 7) is 1.03. The lowest BCUT2D eigenvalue weighted by molar-refractivity contribution is -0.122. The topological polar surface area (TPSA) is 73.6 Å². The quantitative estimate of drug-likeness (QED) is 0.710. The lowest BCUT2D eigenvalue weighted by Crippen LogP contribution is -2.39. The Morgan fingerprint density at radius 2 is 2.00 bits per heavy atom. The summed E-state index contributed by atoms with van der Waals surface area (Å²) in [6, 6.07) is 7.73. The lowest BCUT2D eigenvalue weighted by Gasteiger charge is -2.17. The van der Waals surface area contributed by atoms with E-state index in [4.69, 9.17) is 15.2 Å². The maximum Gasteiger partial charge on any atom is 0.220 e. The van der Waals surface area contributed by atoms with Crippen molar-refractivity contribution in [3.05, 3.63) is 29.8 Å². The molecule has 0 aromatic heterocycles. The van der Waals surface area contributed by atoms with Crippen LogP contribution in [0.25, 0.3) is 0 Å². The number of benzene rings is 1. The second-order valence-electron chi connectivity index (χ2n) is 4.65. The number of amides is 1. The highest BCUT2D eigenvalue weighted by Gasteiger charge is 2.11. The molecule has 1 atom stereocenters. The summed E-state index contributed by atoms with van der Waals surface area (Å²) in [5.41, 5.74) is 6.62. The van der Waals surface area contributed by atoms with Crippen LogP contribution < -0.4 is 15.8 Å².